The number of halogens is 1. The third-order valence-electron chi connectivity index (χ3n) is 2.49. The van der Waals surface area contributed by atoms with E-state index in [0.717, 1.165) is 0 Å². The van der Waals surface area contributed by atoms with Gasteiger partial charge in [-0.2, -0.15) is 0 Å². The Hall–Kier alpha value is -1.39. The monoisotopic (exact) mass is 244 g/mol. The van der Waals surface area contributed by atoms with Gasteiger partial charge in [0, 0.05) is 0 Å². The maximum Gasteiger partial charge on any atom is 0.308 e. The molecule has 0 saturated heterocycles. The summed E-state index contributed by atoms with van der Waals surface area (Å²) < 4.78 is 18.1. The Labute approximate surface area is 102 Å². The van der Waals surface area contributed by atoms with Gasteiger partial charge in [-0.15, -0.1) is 0 Å². The number of esters is 1. The largest absolute Gasteiger partial charge is 0.469 e. The van der Waals surface area contributed by atoms with Crippen molar-refractivity contribution in [3.8, 4) is 0 Å². The minimum absolute atomic E-state index is 0.0270. The zero-order chi connectivity index (χ0) is 13.4. The topological polar surface area (TPSA) is 64.7 Å². The second-order valence-electron chi connectivity index (χ2n) is 4.11. The van der Waals surface area contributed by atoms with Crippen LogP contribution in [0.3, 0.4) is 0 Å². The average molecular weight is 244 g/mol. The zero-order valence-corrected chi connectivity index (χ0v) is 10.9. The van der Waals surface area contributed by atoms with Crippen molar-refractivity contribution in [3.05, 3.63) is 11.4 Å². The Morgan fingerprint density at radius 2 is 2.06 bits per heavy atom. The number of ether oxygens (including phenoxy) is 1. The molecule has 0 amide bonds. The fourth-order valence-electron chi connectivity index (χ4n) is 1.22. The second-order valence-corrected chi connectivity index (χ2v) is 4.11. The van der Waals surface area contributed by atoms with Crippen LogP contribution in [0.5, 0.6) is 0 Å². The van der Waals surface area contributed by atoms with Crippen LogP contribution >= 0.6 is 0 Å². The third kappa shape index (κ3) is 6.71. The van der Waals surface area contributed by atoms with E-state index in [2.05, 4.69) is 9.73 Å². The molecule has 1 atom stereocenters. The molecule has 0 radical (unpaired) electrons. The number of hydrogen-bond donors (Lipinski definition) is 1. The molecular weight excluding hydrogens is 223 g/mol. The van der Waals surface area contributed by atoms with Crippen LogP contribution in [0.25, 0.3) is 0 Å². The second kappa shape index (κ2) is 7.81. The van der Waals surface area contributed by atoms with E-state index in [1.165, 1.54) is 7.11 Å². The highest BCUT2D eigenvalue weighted by atomic mass is 19.1. The van der Waals surface area contributed by atoms with Gasteiger partial charge in [-0.1, -0.05) is 6.92 Å². The number of carbonyl (C=O) groups is 1. The summed E-state index contributed by atoms with van der Waals surface area (Å²) >= 11 is 0. The van der Waals surface area contributed by atoms with Gasteiger partial charge in [0.25, 0.3) is 0 Å². The quantitative estimate of drug-likeness (QED) is 0.442. The molecule has 0 heterocycles. The van der Waals surface area contributed by atoms with Gasteiger partial charge in [0.2, 0.25) is 0 Å². The molecule has 98 valence electrons. The normalized spacial score (nSPS) is 15.2. The Bertz CT molecular complexity index is 320. The summed E-state index contributed by atoms with van der Waals surface area (Å²) in [6.07, 6.45) is 1.08. The van der Waals surface area contributed by atoms with E-state index >= 15 is 0 Å². The van der Waals surface area contributed by atoms with Crippen molar-refractivity contribution >= 4 is 11.8 Å². The van der Waals surface area contributed by atoms with Crippen LogP contribution in [0, 0.1) is 5.92 Å². The number of methoxy groups -OCH3 is 1. The Balaban J connectivity index is 4.24. The molecule has 0 bridgehead atoms. The molecule has 17 heavy (non-hydrogen) atoms. The number of hydrogen-bond acceptors (Lipinski definition) is 3. The number of nitrogens with two attached hydrogens (primary N) is 1. The molecular formula is C12H21FN2O2. The van der Waals surface area contributed by atoms with Gasteiger partial charge in [-0.3, -0.25) is 9.79 Å². The van der Waals surface area contributed by atoms with E-state index < -0.39 is 0 Å². The third-order valence-corrected chi connectivity index (χ3v) is 2.49. The van der Waals surface area contributed by atoms with Crippen LogP contribution in [-0.4, -0.2) is 25.5 Å². The number of carbonyl (C=O) groups excluding carboxylic acids is 1. The van der Waals surface area contributed by atoms with Gasteiger partial charge in [-0.25, -0.2) is 4.39 Å². The Morgan fingerprint density at radius 3 is 2.53 bits per heavy atom. The van der Waals surface area contributed by atoms with Crippen molar-refractivity contribution in [2.45, 2.75) is 33.6 Å². The molecule has 0 aromatic heterocycles. The molecule has 0 spiro atoms. The predicted molar refractivity (Wildman–Crippen MR) is 66.4 cm³/mol. The minimum atomic E-state index is -0.285. The number of allylic oxidation sites excluding steroid dienone is 1. The fourth-order valence-corrected chi connectivity index (χ4v) is 1.22. The predicted octanol–water partition coefficient (Wildman–Crippen LogP) is 2.20. The Morgan fingerprint density at radius 1 is 1.47 bits per heavy atom. The number of amidine groups is 1. The molecule has 0 aromatic rings. The summed E-state index contributed by atoms with van der Waals surface area (Å²) in [6.45, 7) is 5.04. The molecule has 0 aliphatic rings. The molecule has 0 saturated carbocycles. The first-order valence-electron chi connectivity index (χ1n) is 5.57. The zero-order valence-electron chi connectivity index (χ0n) is 10.9. The number of nitrogens with zero attached hydrogens (tertiary/aromatic N) is 1. The molecule has 0 aliphatic carbocycles. The standard InChI is InChI=1S/C12H21FN2O2/c1-8(11(13)7-15-10(3)14)5-6-9(2)12(16)17-4/h9H,5-7H2,1-4H3,(H2,14,15). The maximum absolute atomic E-state index is 13.5. The highest BCUT2D eigenvalue weighted by molar-refractivity contribution is 5.77. The van der Waals surface area contributed by atoms with Crippen molar-refractivity contribution in [2.24, 2.45) is 16.6 Å². The van der Waals surface area contributed by atoms with E-state index in [4.69, 9.17) is 5.73 Å². The van der Waals surface area contributed by atoms with Gasteiger partial charge in [0.1, 0.15) is 5.83 Å². The van der Waals surface area contributed by atoms with Gasteiger partial charge in [0.05, 0.1) is 25.4 Å². The van der Waals surface area contributed by atoms with Gasteiger partial charge in [-0.05, 0) is 32.3 Å². The first-order valence-corrected chi connectivity index (χ1v) is 5.57. The van der Waals surface area contributed by atoms with Crippen molar-refractivity contribution < 1.29 is 13.9 Å². The lowest BCUT2D eigenvalue weighted by Crippen LogP contribution is -2.12. The number of rotatable bonds is 6. The molecule has 2 N–H and O–H groups in total. The SMILES string of the molecule is COC(=O)C(C)CCC(C)=C(F)CN=C(C)N. The van der Waals surface area contributed by atoms with Gasteiger partial charge in [0.15, 0.2) is 0 Å². The summed E-state index contributed by atoms with van der Waals surface area (Å²) in [5.74, 6) is -0.417. The van der Waals surface area contributed by atoms with Crippen molar-refractivity contribution in [3.63, 3.8) is 0 Å². The first-order chi connectivity index (χ1) is 7.88. The highest BCUT2D eigenvalue weighted by Gasteiger charge is 2.13. The van der Waals surface area contributed by atoms with Crippen LogP contribution < -0.4 is 5.73 Å². The van der Waals surface area contributed by atoms with Crippen molar-refractivity contribution in [2.75, 3.05) is 13.7 Å². The van der Waals surface area contributed by atoms with E-state index in [-0.39, 0.29) is 24.3 Å². The summed E-state index contributed by atoms with van der Waals surface area (Å²) in [6, 6.07) is 0. The molecule has 5 heteroatoms. The van der Waals surface area contributed by atoms with E-state index in [0.29, 0.717) is 24.3 Å². The molecule has 4 nitrogen and oxygen atoms in total. The van der Waals surface area contributed by atoms with Crippen LogP contribution in [0.4, 0.5) is 4.39 Å². The summed E-state index contributed by atoms with van der Waals surface area (Å²) in [7, 11) is 1.35. The molecule has 0 rings (SSSR count). The lowest BCUT2D eigenvalue weighted by Gasteiger charge is -2.09. The van der Waals surface area contributed by atoms with Crippen LogP contribution in [0.15, 0.2) is 16.4 Å². The first kappa shape index (κ1) is 15.6. The van der Waals surface area contributed by atoms with E-state index in [9.17, 15) is 9.18 Å². The molecule has 0 fully saturated rings. The van der Waals surface area contributed by atoms with Crippen molar-refractivity contribution in [1.29, 1.82) is 0 Å². The van der Waals surface area contributed by atoms with E-state index in [1.807, 2.05) is 0 Å². The average Bonchev–Trinajstić information content (AvgIpc) is 2.31. The van der Waals surface area contributed by atoms with Crippen LogP contribution in [0.2, 0.25) is 0 Å². The smallest absolute Gasteiger partial charge is 0.308 e. The Kier molecular flexibility index (Phi) is 7.18. The van der Waals surface area contributed by atoms with E-state index in [1.54, 1.807) is 20.8 Å². The van der Waals surface area contributed by atoms with Crippen LogP contribution in [-0.2, 0) is 9.53 Å². The molecule has 0 aliphatic heterocycles. The van der Waals surface area contributed by atoms with Crippen molar-refractivity contribution in [1.82, 2.24) is 0 Å². The number of aliphatic imine (C=N–C) groups is 1. The molecule has 1 unspecified atom stereocenters. The maximum atomic E-state index is 13.5. The van der Waals surface area contributed by atoms with Crippen LogP contribution in [0.1, 0.15) is 33.6 Å². The summed E-state index contributed by atoms with van der Waals surface area (Å²) in [5, 5.41) is 0. The lowest BCUT2D eigenvalue weighted by molar-refractivity contribution is -0.145. The summed E-state index contributed by atoms with van der Waals surface area (Å²) in [5.41, 5.74) is 5.92. The van der Waals surface area contributed by atoms with Gasteiger partial charge >= 0.3 is 5.97 Å². The molecule has 0 aromatic carbocycles. The lowest BCUT2D eigenvalue weighted by atomic mass is 10.0. The fraction of sp³-hybridized carbons (Fsp3) is 0.667. The minimum Gasteiger partial charge on any atom is -0.469 e. The summed E-state index contributed by atoms with van der Waals surface area (Å²) in [4.78, 5) is 14.9. The van der Waals surface area contributed by atoms with Gasteiger partial charge < -0.3 is 10.5 Å². The highest BCUT2D eigenvalue weighted by Crippen LogP contribution is 2.17.